The summed E-state index contributed by atoms with van der Waals surface area (Å²) in [5, 5.41) is 27.4. The Morgan fingerprint density at radius 2 is 2.05 bits per heavy atom. The van der Waals surface area contributed by atoms with Gasteiger partial charge in [-0.1, -0.05) is 6.07 Å². The molecule has 0 aliphatic carbocycles. The lowest BCUT2D eigenvalue weighted by Gasteiger charge is -2.01. The van der Waals surface area contributed by atoms with Gasteiger partial charge < -0.3 is 0 Å². The van der Waals surface area contributed by atoms with Crippen LogP contribution in [0.5, 0.6) is 0 Å². The molecule has 0 bridgehead atoms. The maximum absolute atomic E-state index is 10.9. The number of nitro groups is 2. The maximum atomic E-state index is 10.9. The molecule has 1 N–H and O–H groups in total. The second-order valence-electron chi connectivity index (χ2n) is 3.92. The fourth-order valence-corrected chi connectivity index (χ4v) is 2.22. The number of hydrazone groups is 1. The molecule has 0 atom stereocenters. The summed E-state index contributed by atoms with van der Waals surface area (Å²) in [5.74, 6) is 0. The van der Waals surface area contributed by atoms with E-state index in [1.165, 1.54) is 12.1 Å². The van der Waals surface area contributed by atoms with Crippen molar-refractivity contribution in [3.63, 3.8) is 0 Å². The van der Waals surface area contributed by atoms with Crippen LogP contribution in [-0.4, -0.2) is 16.1 Å². The minimum absolute atomic E-state index is 0.105. The first-order valence-electron chi connectivity index (χ1n) is 5.80. The summed E-state index contributed by atoms with van der Waals surface area (Å²) < 4.78 is 0. The number of hydrogen-bond donors (Lipinski definition) is 1. The van der Waals surface area contributed by atoms with Crippen molar-refractivity contribution >= 4 is 34.6 Å². The fourth-order valence-electron chi connectivity index (χ4n) is 1.56. The summed E-state index contributed by atoms with van der Waals surface area (Å²) in [6.07, 6.45) is 2.18. The van der Waals surface area contributed by atoms with Crippen molar-refractivity contribution in [2.45, 2.75) is 6.42 Å². The number of nitrogens with zero attached hydrogens (tertiary/aromatic N) is 3. The van der Waals surface area contributed by atoms with Gasteiger partial charge in [0.1, 0.15) is 5.69 Å². The van der Waals surface area contributed by atoms with Gasteiger partial charge in [-0.3, -0.25) is 25.7 Å². The molecule has 1 heterocycles. The molecule has 0 aliphatic heterocycles. The van der Waals surface area contributed by atoms with E-state index in [1.807, 2.05) is 17.5 Å². The van der Waals surface area contributed by atoms with E-state index in [0.29, 0.717) is 6.42 Å². The second kappa shape index (κ2) is 6.57. The Kier molecular flexibility index (Phi) is 4.57. The van der Waals surface area contributed by atoms with Crippen LogP contribution in [0.1, 0.15) is 4.88 Å². The van der Waals surface area contributed by atoms with Crippen LogP contribution in [0.25, 0.3) is 0 Å². The Labute approximate surface area is 123 Å². The lowest BCUT2D eigenvalue weighted by molar-refractivity contribution is -0.393. The number of nitro benzene ring substituents is 2. The summed E-state index contributed by atoms with van der Waals surface area (Å²) in [6.45, 7) is 0. The Bertz CT molecular complexity index is 685. The molecule has 0 saturated carbocycles. The molecule has 8 nitrogen and oxygen atoms in total. The molecule has 2 rings (SSSR count). The number of benzene rings is 1. The van der Waals surface area contributed by atoms with Crippen molar-refractivity contribution in [2.75, 3.05) is 5.43 Å². The highest BCUT2D eigenvalue weighted by Gasteiger charge is 2.18. The SMILES string of the molecule is O=[N+]([O-])c1ccc(NN=CCc2cccs2)c([N+](=O)[O-])c1. The summed E-state index contributed by atoms with van der Waals surface area (Å²) in [4.78, 5) is 21.3. The molecule has 0 saturated heterocycles. The van der Waals surface area contributed by atoms with Crippen LogP contribution in [-0.2, 0) is 6.42 Å². The molecule has 1 aromatic carbocycles. The zero-order valence-corrected chi connectivity index (χ0v) is 11.4. The topological polar surface area (TPSA) is 111 Å². The van der Waals surface area contributed by atoms with Crippen LogP contribution in [0.15, 0.2) is 40.8 Å². The lowest BCUT2D eigenvalue weighted by atomic mass is 10.2. The Morgan fingerprint density at radius 1 is 1.24 bits per heavy atom. The predicted molar refractivity (Wildman–Crippen MR) is 79.9 cm³/mol. The van der Waals surface area contributed by atoms with E-state index in [4.69, 9.17) is 0 Å². The van der Waals surface area contributed by atoms with E-state index in [9.17, 15) is 20.2 Å². The zero-order chi connectivity index (χ0) is 15.2. The summed E-state index contributed by atoms with van der Waals surface area (Å²) in [7, 11) is 0. The monoisotopic (exact) mass is 306 g/mol. The molecule has 0 radical (unpaired) electrons. The van der Waals surface area contributed by atoms with E-state index in [0.717, 1.165) is 10.9 Å². The van der Waals surface area contributed by atoms with Gasteiger partial charge in [-0.25, -0.2) is 0 Å². The van der Waals surface area contributed by atoms with Gasteiger partial charge in [0.15, 0.2) is 0 Å². The average molecular weight is 306 g/mol. The first-order valence-corrected chi connectivity index (χ1v) is 6.68. The number of nitrogens with one attached hydrogen (secondary N) is 1. The van der Waals surface area contributed by atoms with E-state index >= 15 is 0 Å². The zero-order valence-electron chi connectivity index (χ0n) is 10.6. The third kappa shape index (κ3) is 3.83. The molecule has 0 amide bonds. The first-order chi connectivity index (χ1) is 10.1. The number of rotatable bonds is 6. The maximum Gasteiger partial charge on any atom is 0.301 e. The van der Waals surface area contributed by atoms with Crippen LogP contribution in [0.4, 0.5) is 17.1 Å². The molecule has 0 fully saturated rings. The average Bonchev–Trinajstić information content (AvgIpc) is 2.96. The van der Waals surface area contributed by atoms with Gasteiger partial charge in [0.25, 0.3) is 5.69 Å². The molecule has 0 unspecified atom stereocenters. The summed E-state index contributed by atoms with van der Waals surface area (Å²) >= 11 is 1.58. The first kappa shape index (κ1) is 14.6. The van der Waals surface area contributed by atoms with E-state index in [1.54, 1.807) is 17.6 Å². The third-order valence-corrected chi connectivity index (χ3v) is 3.44. The van der Waals surface area contributed by atoms with Crippen molar-refractivity contribution in [1.29, 1.82) is 0 Å². The smallest absolute Gasteiger partial charge is 0.272 e. The molecule has 9 heteroatoms. The second-order valence-corrected chi connectivity index (χ2v) is 4.95. The van der Waals surface area contributed by atoms with Gasteiger partial charge in [-0.15, -0.1) is 11.3 Å². The fraction of sp³-hybridized carbons (Fsp3) is 0.0833. The number of anilines is 1. The van der Waals surface area contributed by atoms with Gasteiger partial charge >= 0.3 is 5.69 Å². The molecule has 1 aromatic heterocycles. The predicted octanol–water partition coefficient (Wildman–Crippen LogP) is 3.20. The standard InChI is InChI=1S/C12H10N4O4S/c17-15(18)9-3-4-11(12(8-9)16(19)20)14-13-6-5-10-2-1-7-21-10/h1-4,6-8,14H,5H2. The van der Waals surface area contributed by atoms with E-state index in [-0.39, 0.29) is 11.4 Å². The van der Waals surface area contributed by atoms with Crippen LogP contribution < -0.4 is 5.43 Å². The Balaban J connectivity index is 2.10. The van der Waals surface area contributed by atoms with Gasteiger partial charge in [0.2, 0.25) is 0 Å². The highest BCUT2D eigenvalue weighted by atomic mass is 32.1. The molecule has 21 heavy (non-hydrogen) atoms. The molecule has 0 spiro atoms. The van der Waals surface area contributed by atoms with E-state index in [2.05, 4.69) is 10.5 Å². The molecular formula is C12H10N4O4S. The summed E-state index contributed by atoms with van der Waals surface area (Å²) in [5.41, 5.74) is 1.91. The normalized spacial score (nSPS) is 10.7. The minimum atomic E-state index is -0.690. The quantitative estimate of drug-likeness (QED) is 0.500. The Morgan fingerprint density at radius 3 is 2.67 bits per heavy atom. The van der Waals surface area contributed by atoms with Crippen molar-refractivity contribution < 1.29 is 9.85 Å². The van der Waals surface area contributed by atoms with Gasteiger partial charge in [0.05, 0.1) is 15.9 Å². The van der Waals surface area contributed by atoms with Crippen molar-refractivity contribution in [3.8, 4) is 0 Å². The highest BCUT2D eigenvalue weighted by Crippen LogP contribution is 2.28. The van der Waals surface area contributed by atoms with Crippen LogP contribution in [0.2, 0.25) is 0 Å². The van der Waals surface area contributed by atoms with Crippen LogP contribution in [0, 0.1) is 20.2 Å². The van der Waals surface area contributed by atoms with Gasteiger partial charge in [-0.2, -0.15) is 5.10 Å². The van der Waals surface area contributed by atoms with E-state index < -0.39 is 15.5 Å². The Hall–Kier alpha value is -2.81. The van der Waals surface area contributed by atoms with Crippen LogP contribution in [0.3, 0.4) is 0 Å². The van der Waals surface area contributed by atoms with Crippen molar-refractivity contribution in [3.05, 3.63) is 60.8 Å². The number of hydrogen-bond acceptors (Lipinski definition) is 7. The molecular weight excluding hydrogens is 296 g/mol. The van der Waals surface area contributed by atoms with Crippen LogP contribution >= 0.6 is 11.3 Å². The minimum Gasteiger partial charge on any atom is -0.272 e. The summed E-state index contributed by atoms with van der Waals surface area (Å²) in [6, 6.07) is 7.22. The highest BCUT2D eigenvalue weighted by molar-refractivity contribution is 7.10. The van der Waals surface area contributed by atoms with Gasteiger partial charge in [-0.05, 0) is 17.5 Å². The largest absolute Gasteiger partial charge is 0.301 e. The van der Waals surface area contributed by atoms with Crippen molar-refractivity contribution in [2.24, 2.45) is 5.10 Å². The molecule has 2 aromatic rings. The third-order valence-electron chi connectivity index (χ3n) is 2.54. The van der Waals surface area contributed by atoms with Crippen molar-refractivity contribution in [1.82, 2.24) is 0 Å². The molecule has 0 aliphatic rings. The number of non-ortho nitro benzene ring substituents is 1. The number of thiophene rings is 1. The molecule has 108 valence electrons. The lowest BCUT2D eigenvalue weighted by Crippen LogP contribution is -1.98. The van der Waals surface area contributed by atoms with Gasteiger partial charge in [0, 0.05) is 23.6 Å².